The molecule has 0 saturated carbocycles. The lowest BCUT2D eigenvalue weighted by molar-refractivity contribution is 0.0802. The first-order chi connectivity index (χ1) is 6.79. The number of piperazine rings is 1. The van der Waals surface area contributed by atoms with Crippen LogP contribution >= 0.6 is 11.6 Å². The lowest BCUT2D eigenvalue weighted by Crippen LogP contribution is -2.59. The fourth-order valence-corrected chi connectivity index (χ4v) is 3.57. The first kappa shape index (κ1) is 13.2. The molecule has 1 rings (SSSR count). The second-order valence-corrected chi connectivity index (χ2v) is 7.04. The number of hydrogen-bond acceptors (Lipinski definition) is 3. The molecule has 15 heavy (non-hydrogen) atoms. The van der Waals surface area contributed by atoms with Crippen LogP contribution in [0, 0.1) is 0 Å². The lowest BCUT2D eigenvalue weighted by atomic mass is 10.0. The van der Waals surface area contributed by atoms with Gasteiger partial charge in [-0.3, -0.25) is 4.90 Å². The maximum absolute atomic E-state index is 11.8. The highest BCUT2D eigenvalue weighted by atomic mass is 35.5. The summed E-state index contributed by atoms with van der Waals surface area (Å²) in [5.41, 5.74) is -0.0996. The van der Waals surface area contributed by atoms with Gasteiger partial charge in [0, 0.05) is 31.1 Å². The van der Waals surface area contributed by atoms with E-state index in [9.17, 15) is 8.42 Å². The number of sulfonamides is 1. The van der Waals surface area contributed by atoms with E-state index in [1.165, 1.54) is 0 Å². The lowest BCUT2D eigenvalue weighted by Gasteiger charge is -2.44. The van der Waals surface area contributed by atoms with Crippen molar-refractivity contribution in [2.75, 3.05) is 38.3 Å². The van der Waals surface area contributed by atoms with Crippen molar-refractivity contribution in [2.45, 2.75) is 19.4 Å². The Labute approximate surface area is 97.2 Å². The van der Waals surface area contributed by atoms with Crippen LogP contribution in [0.1, 0.15) is 13.8 Å². The van der Waals surface area contributed by atoms with Crippen LogP contribution in [0.2, 0.25) is 0 Å². The first-order valence-corrected chi connectivity index (χ1v) is 7.19. The van der Waals surface area contributed by atoms with Crippen LogP contribution in [-0.4, -0.2) is 61.5 Å². The molecule has 6 heteroatoms. The standard InChI is InChI=1S/C9H19ClN2O2S/c1-9(2)8-12(6-5-11(9)3)15(13,14)7-4-10/h4-8H2,1-3H3. The first-order valence-electron chi connectivity index (χ1n) is 5.04. The van der Waals surface area contributed by atoms with E-state index >= 15 is 0 Å². The normalized spacial score (nSPS) is 24.3. The molecule has 1 fully saturated rings. The van der Waals surface area contributed by atoms with Gasteiger partial charge in [-0.2, -0.15) is 4.31 Å². The Morgan fingerprint density at radius 2 is 1.93 bits per heavy atom. The van der Waals surface area contributed by atoms with E-state index in [4.69, 9.17) is 11.6 Å². The largest absolute Gasteiger partial charge is 0.299 e. The summed E-state index contributed by atoms with van der Waals surface area (Å²) in [6.45, 7) is 5.99. The minimum absolute atomic E-state index is 0.0361. The van der Waals surface area contributed by atoms with E-state index in [2.05, 4.69) is 18.7 Å². The zero-order valence-corrected chi connectivity index (χ0v) is 11.1. The molecule has 4 nitrogen and oxygen atoms in total. The molecule has 1 aliphatic heterocycles. The average Bonchev–Trinajstić information content (AvgIpc) is 2.09. The minimum Gasteiger partial charge on any atom is -0.299 e. The predicted octanol–water partition coefficient (Wildman–Crippen LogP) is 0.581. The number of alkyl halides is 1. The van der Waals surface area contributed by atoms with Gasteiger partial charge in [-0.1, -0.05) is 0 Å². The Kier molecular flexibility index (Phi) is 4.03. The molecule has 0 aliphatic carbocycles. The molecule has 0 amide bonds. The molecule has 90 valence electrons. The number of likely N-dealkylation sites (N-methyl/N-ethyl adjacent to an activating group) is 1. The number of rotatable bonds is 3. The fourth-order valence-electron chi connectivity index (χ4n) is 1.66. The molecule has 0 bridgehead atoms. The molecule has 1 saturated heterocycles. The highest BCUT2D eigenvalue weighted by Crippen LogP contribution is 2.21. The van der Waals surface area contributed by atoms with Gasteiger partial charge in [-0.25, -0.2) is 8.42 Å². The van der Waals surface area contributed by atoms with Crippen molar-refractivity contribution < 1.29 is 8.42 Å². The van der Waals surface area contributed by atoms with Gasteiger partial charge in [0.1, 0.15) is 0 Å². The van der Waals surface area contributed by atoms with Gasteiger partial charge in [0.25, 0.3) is 0 Å². The summed E-state index contributed by atoms with van der Waals surface area (Å²) < 4.78 is 25.2. The molecule has 0 aromatic rings. The van der Waals surface area contributed by atoms with Crippen LogP contribution in [0.5, 0.6) is 0 Å². The molecular formula is C9H19ClN2O2S. The minimum atomic E-state index is -3.15. The smallest absolute Gasteiger partial charge is 0.215 e. The molecule has 1 aliphatic rings. The van der Waals surface area contributed by atoms with Gasteiger partial charge in [0.05, 0.1) is 5.75 Å². The van der Waals surface area contributed by atoms with Crippen LogP contribution in [0.3, 0.4) is 0 Å². The van der Waals surface area contributed by atoms with Gasteiger partial charge in [0.15, 0.2) is 0 Å². The molecular weight excluding hydrogens is 236 g/mol. The highest BCUT2D eigenvalue weighted by Gasteiger charge is 2.35. The van der Waals surface area contributed by atoms with Crippen molar-refractivity contribution in [3.05, 3.63) is 0 Å². The Balaban J connectivity index is 2.75. The Hall–Kier alpha value is 0.160. The van der Waals surface area contributed by atoms with Gasteiger partial charge in [-0.05, 0) is 20.9 Å². The summed E-state index contributed by atoms with van der Waals surface area (Å²) in [5.74, 6) is 0.198. The summed E-state index contributed by atoms with van der Waals surface area (Å²) in [4.78, 5) is 2.18. The third-order valence-corrected chi connectivity index (χ3v) is 5.24. The summed E-state index contributed by atoms with van der Waals surface area (Å²) >= 11 is 5.49. The van der Waals surface area contributed by atoms with Crippen molar-refractivity contribution in [3.63, 3.8) is 0 Å². The van der Waals surface area contributed by atoms with Crippen molar-refractivity contribution in [3.8, 4) is 0 Å². The zero-order valence-electron chi connectivity index (χ0n) is 9.53. The average molecular weight is 255 g/mol. The fraction of sp³-hybridized carbons (Fsp3) is 1.00. The van der Waals surface area contributed by atoms with Gasteiger partial charge in [-0.15, -0.1) is 11.6 Å². The molecule has 0 aromatic heterocycles. The zero-order chi connectivity index (χ0) is 11.7. The maximum atomic E-state index is 11.8. The second kappa shape index (κ2) is 4.57. The quantitative estimate of drug-likeness (QED) is 0.692. The van der Waals surface area contributed by atoms with E-state index < -0.39 is 10.0 Å². The van der Waals surface area contributed by atoms with Gasteiger partial charge in [0.2, 0.25) is 10.0 Å². The summed E-state index contributed by atoms with van der Waals surface area (Å²) in [7, 11) is -1.13. The summed E-state index contributed by atoms with van der Waals surface area (Å²) in [6.07, 6.45) is 0. The van der Waals surface area contributed by atoms with Crippen LogP contribution < -0.4 is 0 Å². The van der Waals surface area contributed by atoms with E-state index in [-0.39, 0.29) is 17.2 Å². The Morgan fingerprint density at radius 1 is 1.33 bits per heavy atom. The third-order valence-electron chi connectivity index (χ3n) is 3.01. The van der Waals surface area contributed by atoms with Crippen molar-refractivity contribution in [2.24, 2.45) is 0 Å². The van der Waals surface area contributed by atoms with Crippen molar-refractivity contribution in [1.29, 1.82) is 0 Å². The molecule has 0 aromatic carbocycles. The molecule has 0 atom stereocenters. The molecule has 0 unspecified atom stereocenters. The van der Waals surface area contributed by atoms with E-state index in [1.807, 2.05) is 7.05 Å². The van der Waals surface area contributed by atoms with Crippen molar-refractivity contribution >= 4 is 21.6 Å². The Bertz CT molecular complexity index is 316. The third kappa shape index (κ3) is 3.06. The Morgan fingerprint density at radius 3 is 2.40 bits per heavy atom. The van der Waals surface area contributed by atoms with Gasteiger partial charge >= 0.3 is 0 Å². The number of halogens is 1. The van der Waals surface area contributed by atoms with Crippen LogP contribution in [-0.2, 0) is 10.0 Å². The van der Waals surface area contributed by atoms with E-state index in [0.717, 1.165) is 6.54 Å². The van der Waals surface area contributed by atoms with Crippen molar-refractivity contribution in [1.82, 2.24) is 9.21 Å². The monoisotopic (exact) mass is 254 g/mol. The predicted molar refractivity (Wildman–Crippen MR) is 62.8 cm³/mol. The topological polar surface area (TPSA) is 40.6 Å². The number of nitrogens with zero attached hydrogens (tertiary/aromatic N) is 2. The maximum Gasteiger partial charge on any atom is 0.215 e. The van der Waals surface area contributed by atoms with Gasteiger partial charge < -0.3 is 0 Å². The second-order valence-electron chi connectivity index (χ2n) is 4.57. The van der Waals surface area contributed by atoms with Crippen LogP contribution in [0.25, 0.3) is 0 Å². The summed E-state index contributed by atoms with van der Waals surface area (Å²) in [5, 5.41) is 0. The highest BCUT2D eigenvalue weighted by molar-refractivity contribution is 7.89. The molecule has 1 heterocycles. The molecule has 0 N–H and O–H groups in total. The van der Waals surface area contributed by atoms with Crippen LogP contribution in [0.15, 0.2) is 0 Å². The van der Waals surface area contributed by atoms with E-state index in [0.29, 0.717) is 13.1 Å². The SMILES string of the molecule is CN1CCN(S(=O)(=O)CCCl)CC1(C)C. The van der Waals surface area contributed by atoms with E-state index in [1.54, 1.807) is 4.31 Å². The summed E-state index contributed by atoms with van der Waals surface area (Å²) in [6, 6.07) is 0. The number of hydrogen-bond donors (Lipinski definition) is 0. The van der Waals surface area contributed by atoms with Crippen LogP contribution in [0.4, 0.5) is 0 Å². The molecule has 0 spiro atoms. The molecule has 0 radical (unpaired) electrons.